The molecule has 0 radical (unpaired) electrons. The number of ether oxygens (including phenoxy) is 1. The minimum atomic E-state index is -0.918. The third kappa shape index (κ3) is 3.09. The van der Waals surface area contributed by atoms with E-state index in [1.54, 1.807) is 36.4 Å². The molecule has 18 heavy (non-hydrogen) atoms. The molecule has 0 spiro atoms. The molecular formula is C13H12O4S. The molecule has 0 aliphatic carbocycles. The average Bonchev–Trinajstić information content (AvgIpc) is 2.86. The molecular weight excluding hydrogens is 252 g/mol. The molecule has 5 heteroatoms. The third-order valence-corrected chi connectivity index (χ3v) is 3.41. The fourth-order valence-corrected chi connectivity index (χ4v) is 2.18. The molecule has 2 rings (SSSR count). The molecule has 0 atom stereocenters. The second-order valence-corrected chi connectivity index (χ2v) is 4.83. The van der Waals surface area contributed by atoms with Crippen LogP contribution < -0.4 is 4.74 Å². The van der Waals surface area contributed by atoms with Gasteiger partial charge in [-0.2, -0.15) is 0 Å². The van der Waals surface area contributed by atoms with Gasteiger partial charge in [0.1, 0.15) is 17.2 Å². The maximum atomic E-state index is 10.7. The highest BCUT2D eigenvalue weighted by molar-refractivity contribution is 7.13. The van der Waals surface area contributed by atoms with Gasteiger partial charge in [-0.1, -0.05) is 12.1 Å². The lowest BCUT2D eigenvalue weighted by molar-refractivity contribution is 0.0702. The number of hydrogen-bond donors (Lipinski definition) is 2. The molecule has 2 N–H and O–H groups in total. The summed E-state index contributed by atoms with van der Waals surface area (Å²) in [6.07, 6.45) is 0. The number of carboxylic acid groups (broad SMARTS) is 1. The van der Waals surface area contributed by atoms with E-state index in [1.807, 2.05) is 0 Å². The number of hydrogen-bond acceptors (Lipinski definition) is 4. The van der Waals surface area contributed by atoms with Crippen molar-refractivity contribution in [3.63, 3.8) is 0 Å². The van der Waals surface area contributed by atoms with Crippen LogP contribution in [0.1, 0.15) is 20.1 Å². The number of thiophene rings is 1. The number of benzene rings is 1. The van der Waals surface area contributed by atoms with Crippen molar-refractivity contribution in [1.29, 1.82) is 0 Å². The van der Waals surface area contributed by atoms with Crippen LogP contribution in [0.5, 0.6) is 5.75 Å². The second kappa shape index (κ2) is 5.66. The minimum absolute atomic E-state index is 0.00712. The van der Waals surface area contributed by atoms with E-state index < -0.39 is 5.97 Å². The topological polar surface area (TPSA) is 66.8 Å². The maximum Gasteiger partial charge on any atom is 0.345 e. The zero-order chi connectivity index (χ0) is 13.0. The van der Waals surface area contributed by atoms with Crippen LogP contribution in [-0.2, 0) is 13.2 Å². The average molecular weight is 264 g/mol. The summed E-state index contributed by atoms with van der Waals surface area (Å²) in [6.45, 7) is 0.351. The van der Waals surface area contributed by atoms with Gasteiger partial charge in [-0.3, -0.25) is 0 Å². The number of carboxylic acids is 1. The van der Waals surface area contributed by atoms with Gasteiger partial charge in [0.25, 0.3) is 0 Å². The molecule has 0 fully saturated rings. The summed E-state index contributed by atoms with van der Waals surface area (Å²) in [5, 5.41) is 17.7. The normalized spacial score (nSPS) is 10.3. The summed E-state index contributed by atoms with van der Waals surface area (Å²) in [4.78, 5) is 11.9. The Hall–Kier alpha value is -1.85. The molecule has 2 aromatic rings. The number of rotatable bonds is 5. The lowest BCUT2D eigenvalue weighted by Crippen LogP contribution is -1.93. The Bertz CT molecular complexity index is 530. The fourth-order valence-electron chi connectivity index (χ4n) is 1.42. The summed E-state index contributed by atoms with van der Waals surface area (Å²) >= 11 is 1.20. The van der Waals surface area contributed by atoms with Crippen LogP contribution in [0.25, 0.3) is 0 Å². The van der Waals surface area contributed by atoms with Crippen molar-refractivity contribution in [3.8, 4) is 5.75 Å². The van der Waals surface area contributed by atoms with E-state index in [0.29, 0.717) is 17.2 Å². The minimum Gasteiger partial charge on any atom is -0.488 e. The predicted molar refractivity (Wildman–Crippen MR) is 68.0 cm³/mol. The number of aromatic carboxylic acids is 1. The Morgan fingerprint density at radius 3 is 2.44 bits per heavy atom. The van der Waals surface area contributed by atoms with Gasteiger partial charge < -0.3 is 14.9 Å². The van der Waals surface area contributed by atoms with Gasteiger partial charge in [-0.25, -0.2) is 4.79 Å². The lowest BCUT2D eigenvalue weighted by atomic mass is 10.2. The van der Waals surface area contributed by atoms with E-state index in [2.05, 4.69) is 0 Å². The molecule has 1 heterocycles. The van der Waals surface area contributed by atoms with E-state index >= 15 is 0 Å². The van der Waals surface area contributed by atoms with Crippen LogP contribution in [0.3, 0.4) is 0 Å². The molecule has 0 unspecified atom stereocenters. The largest absolute Gasteiger partial charge is 0.488 e. The van der Waals surface area contributed by atoms with Crippen LogP contribution >= 0.6 is 11.3 Å². The van der Waals surface area contributed by atoms with Gasteiger partial charge >= 0.3 is 5.97 Å². The van der Waals surface area contributed by atoms with Crippen LogP contribution in [-0.4, -0.2) is 16.2 Å². The summed E-state index contributed by atoms with van der Waals surface area (Å²) in [5.41, 5.74) is 0.826. The van der Waals surface area contributed by atoms with Gasteiger partial charge in [-0.05, 0) is 29.8 Å². The van der Waals surface area contributed by atoms with Crippen molar-refractivity contribution in [2.24, 2.45) is 0 Å². The number of aliphatic hydroxyl groups is 1. The summed E-state index contributed by atoms with van der Waals surface area (Å²) in [6, 6.07) is 10.4. The molecule has 0 saturated carbocycles. The van der Waals surface area contributed by atoms with Crippen molar-refractivity contribution in [2.75, 3.05) is 0 Å². The molecule has 4 nitrogen and oxygen atoms in total. The Morgan fingerprint density at radius 1 is 1.17 bits per heavy atom. The van der Waals surface area contributed by atoms with Crippen molar-refractivity contribution < 1.29 is 19.7 Å². The second-order valence-electron chi connectivity index (χ2n) is 3.66. The van der Waals surface area contributed by atoms with Crippen LogP contribution in [0.2, 0.25) is 0 Å². The predicted octanol–water partition coefficient (Wildman–Crippen LogP) is 2.52. The summed E-state index contributed by atoms with van der Waals surface area (Å²) in [7, 11) is 0. The van der Waals surface area contributed by atoms with Crippen LogP contribution in [0.15, 0.2) is 36.4 Å². The molecule has 0 aliphatic heterocycles. The highest BCUT2D eigenvalue weighted by Gasteiger charge is 2.07. The summed E-state index contributed by atoms with van der Waals surface area (Å²) < 4.78 is 5.52. The maximum absolute atomic E-state index is 10.7. The first-order valence-corrected chi connectivity index (χ1v) is 6.15. The molecule has 0 aliphatic rings. The molecule has 1 aromatic heterocycles. The van der Waals surface area contributed by atoms with Crippen molar-refractivity contribution >= 4 is 17.3 Å². The van der Waals surface area contributed by atoms with E-state index in [1.165, 1.54) is 11.3 Å². The zero-order valence-electron chi connectivity index (χ0n) is 9.50. The van der Waals surface area contributed by atoms with E-state index in [4.69, 9.17) is 14.9 Å². The molecule has 1 aromatic carbocycles. The number of carbonyl (C=O) groups is 1. The highest BCUT2D eigenvalue weighted by Crippen LogP contribution is 2.19. The van der Waals surface area contributed by atoms with Gasteiger partial charge in [0, 0.05) is 4.88 Å². The van der Waals surface area contributed by atoms with Crippen LogP contribution in [0.4, 0.5) is 0 Å². The Morgan fingerprint density at radius 2 is 1.89 bits per heavy atom. The SMILES string of the molecule is O=C(O)c1ccc(COc2ccc(CO)cc2)s1. The fraction of sp³-hybridized carbons (Fsp3) is 0.154. The molecule has 94 valence electrons. The molecule has 0 bridgehead atoms. The van der Waals surface area contributed by atoms with Gasteiger partial charge in [0.05, 0.1) is 6.61 Å². The standard InChI is InChI=1S/C13H12O4S/c14-7-9-1-3-10(4-2-9)17-8-11-5-6-12(18-11)13(15)16/h1-6,14H,7-8H2,(H,15,16). The van der Waals surface area contributed by atoms with Gasteiger partial charge in [0.2, 0.25) is 0 Å². The van der Waals surface area contributed by atoms with Crippen LogP contribution in [0, 0.1) is 0 Å². The first kappa shape index (κ1) is 12.6. The highest BCUT2D eigenvalue weighted by atomic mass is 32.1. The Balaban J connectivity index is 1.95. The van der Waals surface area contributed by atoms with Gasteiger partial charge in [0.15, 0.2) is 0 Å². The quantitative estimate of drug-likeness (QED) is 0.870. The third-order valence-electron chi connectivity index (χ3n) is 2.36. The molecule has 0 saturated heterocycles. The summed E-state index contributed by atoms with van der Waals surface area (Å²) in [5.74, 6) is -0.226. The van der Waals surface area contributed by atoms with Crippen molar-refractivity contribution in [2.45, 2.75) is 13.2 Å². The van der Waals surface area contributed by atoms with E-state index in [0.717, 1.165) is 10.4 Å². The Kier molecular flexibility index (Phi) is 3.96. The number of aliphatic hydroxyl groups excluding tert-OH is 1. The molecule has 0 amide bonds. The van der Waals surface area contributed by atoms with Gasteiger partial charge in [-0.15, -0.1) is 11.3 Å². The van der Waals surface area contributed by atoms with E-state index in [-0.39, 0.29) is 6.61 Å². The lowest BCUT2D eigenvalue weighted by Gasteiger charge is -2.04. The first-order valence-electron chi connectivity index (χ1n) is 5.33. The monoisotopic (exact) mass is 264 g/mol. The van der Waals surface area contributed by atoms with Crippen molar-refractivity contribution in [1.82, 2.24) is 0 Å². The van der Waals surface area contributed by atoms with E-state index in [9.17, 15) is 4.79 Å². The smallest absolute Gasteiger partial charge is 0.345 e. The Labute approximate surface area is 108 Å². The zero-order valence-corrected chi connectivity index (χ0v) is 10.3. The first-order chi connectivity index (χ1) is 8.69. The van der Waals surface area contributed by atoms with Crippen molar-refractivity contribution in [3.05, 3.63) is 51.7 Å².